The van der Waals surface area contributed by atoms with E-state index in [0.717, 1.165) is 63.7 Å². The van der Waals surface area contributed by atoms with Crippen LogP contribution < -0.4 is 0 Å². The molecule has 0 unspecified atom stereocenters. The molecule has 0 saturated carbocycles. The predicted octanol–water partition coefficient (Wildman–Crippen LogP) is 16.3. The molecule has 0 heterocycles. The maximum absolute atomic E-state index is 12.7. The lowest BCUT2D eigenvalue weighted by atomic mass is 10.0. The Morgan fingerprint density at radius 2 is 0.579 bits per heavy atom. The first kappa shape index (κ1) is 55.4. The summed E-state index contributed by atoms with van der Waals surface area (Å²) < 4.78 is 16.7. The highest BCUT2D eigenvalue weighted by molar-refractivity contribution is 5.71. The standard InChI is InChI=1S/C51H98O6/c1-5-7-9-11-13-15-16-17-18-19-20-21-22-23-24-26-31-35-39-43-50(53)56-46-48(45-55-49(52)42-38-34-30-25-14-12-10-8-6-2)57-51(54)44-40-36-32-28-27-29-33-37-41-47(3)4/h47-48H,5-46H2,1-4H3/t48-/m1/s1. The molecule has 0 rings (SSSR count). The molecule has 1 atom stereocenters. The molecule has 0 bridgehead atoms. The van der Waals surface area contributed by atoms with Gasteiger partial charge in [-0.25, -0.2) is 0 Å². The summed E-state index contributed by atoms with van der Waals surface area (Å²) in [5.74, 6) is -0.0587. The van der Waals surface area contributed by atoms with Crippen LogP contribution in [0.2, 0.25) is 0 Å². The Kier molecular flexibility index (Phi) is 44.2. The number of esters is 3. The van der Waals surface area contributed by atoms with Crippen molar-refractivity contribution in [3.8, 4) is 0 Å². The van der Waals surface area contributed by atoms with Crippen molar-refractivity contribution in [2.24, 2.45) is 5.92 Å². The van der Waals surface area contributed by atoms with Crippen LogP contribution in [0.25, 0.3) is 0 Å². The van der Waals surface area contributed by atoms with Crippen LogP contribution >= 0.6 is 0 Å². The van der Waals surface area contributed by atoms with E-state index in [1.54, 1.807) is 0 Å². The molecule has 57 heavy (non-hydrogen) atoms. The molecular formula is C51H98O6. The van der Waals surface area contributed by atoms with Crippen LogP contribution in [0.5, 0.6) is 0 Å². The highest BCUT2D eigenvalue weighted by atomic mass is 16.6. The molecule has 0 saturated heterocycles. The Morgan fingerprint density at radius 3 is 0.860 bits per heavy atom. The first-order chi connectivity index (χ1) is 27.9. The van der Waals surface area contributed by atoms with Gasteiger partial charge in [0.25, 0.3) is 0 Å². The van der Waals surface area contributed by atoms with Gasteiger partial charge in [-0.05, 0) is 25.2 Å². The average molecular weight is 807 g/mol. The SMILES string of the molecule is CCCCCCCCCCCCCCCCCCCCCC(=O)OC[C@@H](COC(=O)CCCCCCCCCCC)OC(=O)CCCCCCCCCCC(C)C. The summed E-state index contributed by atoms with van der Waals surface area (Å²) in [6.07, 6.45) is 46.7. The third-order valence-corrected chi connectivity index (χ3v) is 11.5. The molecule has 338 valence electrons. The van der Waals surface area contributed by atoms with Gasteiger partial charge in [0.2, 0.25) is 0 Å². The summed E-state index contributed by atoms with van der Waals surface area (Å²) in [5, 5.41) is 0. The summed E-state index contributed by atoms with van der Waals surface area (Å²) in [4.78, 5) is 37.8. The zero-order valence-electron chi connectivity index (χ0n) is 38.8. The quantitative estimate of drug-likeness (QED) is 0.0346. The van der Waals surface area contributed by atoms with Crippen molar-refractivity contribution in [1.82, 2.24) is 0 Å². The lowest BCUT2D eigenvalue weighted by Crippen LogP contribution is -2.30. The second-order valence-electron chi connectivity index (χ2n) is 17.9. The zero-order valence-corrected chi connectivity index (χ0v) is 38.8. The molecule has 0 fully saturated rings. The Morgan fingerprint density at radius 1 is 0.333 bits per heavy atom. The van der Waals surface area contributed by atoms with Crippen LogP contribution in [0.1, 0.15) is 285 Å². The fourth-order valence-corrected chi connectivity index (χ4v) is 7.69. The minimum atomic E-state index is -0.760. The highest BCUT2D eigenvalue weighted by Gasteiger charge is 2.19. The van der Waals surface area contributed by atoms with E-state index in [9.17, 15) is 14.4 Å². The summed E-state index contributed by atoms with van der Waals surface area (Å²) in [6, 6.07) is 0. The maximum Gasteiger partial charge on any atom is 0.306 e. The summed E-state index contributed by atoms with van der Waals surface area (Å²) >= 11 is 0. The van der Waals surface area contributed by atoms with Crippen molar-refractivity contribution < 1.29 is 28.6 Å². The topological polar surface area (TPSA) is 78.9 Å². The van der Waals surface area contributed by atoms with Gasteiger partial charge in [0.15, 0.2) is 6.10 Å². The summed E-state index contributed by atoms with van der Waals surface area (Å²) in [7, 11) is 0. The first-order valence-electron chi connectivity index (χ1n) is 25.4. The Balaban J connectivity index is 4.20. The van der Waals surface area contributed by atoms with Crippen LogP contribution in [0.4, 0.5) is 0 Å². The Hall–Kier alpha value is -1.59. The molecule has 0 aromatic heterocycles. The average Bonchev–Trinajstić information content (AvgIpc) is 3.19. The van der Waals surface area contributed by atoms with Gasteiger partial charge in [0.05, 0.1) is 0 Å². The number of unbranched alkanes of at least 4 members (excludes halogenated alkanes) is 33. The van der Waals surface area contributed by atoms with E-state index < -0.39 is 6.10 Å². The second-order valence-corrected chi connectivity index (χ2v) is 17.9. The highest BCUT2D eigenvalue weighted by Crippen LogP contribution is 2.17. The molecular weight excluding hydrogens is 709 g/mol. The van der Waals surface area contributed by atoms with Gasteiger partial charge >= 0.3 is 17.9 Å². The molecule has 0 aliphatic carbocycles. The van der Waals surface area contributed by atoms with Crippen LogP contribution in [-0.4, -0.2) is 37.2 Å². The van der Waals surface area contributed by atoms with Gasteiger partial charge in [0, 0.05) is 19.3 Å². The van der Waals surface area contributed by atoms with Crippen molar-refractivity contribution in [2.45, 2.75) is 291 Å². The van der Waals surface area contributed by atoms with Crippen LogP contribution in [0, 0.1) is 5.92 Å². The van der Waals surface area contributed by atoms with E-state index in [0.29, 0.717) is 19.3 Å². The molecule has 0 amide bonds. The summed E-state index contributed by atoms with van der Waals surface area (Å²) in [6.45, 7) is 8.97. The zero-order chi connectivity index (χ0) is 41.7. The van der Waals surface area contributed by atoms with Gasteiger partial charge in [0.1, 0.15) is 13.2 Å². The largest absolute Gasteiger partial charge is 0.462 e. The molecule has 0 aliphatic heterocycles. The minimum absolute atomic E-state index is 0.0637. The Bertz CT molecular complexity index is 857. The van der Waals surface area contributed by atoms with E-state index in [2.05, 4.69) is 27.7 Å². The van der Waals surface area contributed by atoms with Crippen molar-refractivity contribution in [3.63, 3.8) is 0 Å². The smallest absolute Gasteiger partial charge is 0.306 e. The lowest BCUT2D eigenvalue weighted by molar-refractivity contribution is -0.167. The van der Waals surface area contributed by atoms with Crippen molar-refractivity contribution in [3.05, 3.63) is 0 Å². The number of rotatable bonds is 46. The van der Waals surface area contributed by atoms with Crippen molar-refractivity contribution >= 4 is 17.9 Å². The van der Waals surface area contributed by atoms with Crippen LogP contribution in [0.3, 0.4) is 0 Å². The van der Waals surface area contributed by atoms with E-state index in [-0.39, 0.29) is 31.1 Å². The molecule has 0 aromatic carbocycles. The molecule has 0 aromatic rings. The first-order valence-corrected chi connectivity index (χ1v) is 25.4. The van der Waals surface area contributed by atoms with Crippen molar-refractivity contribution in [1.29, 1.82) is 0 Å². The summed E-state index contributed by atoms with van der Waals surface area (Å²) in [5.41, 5.74) is 0. The number of hydrogen-bond donors (Lipinski definition) is 0. The predicted molar refractivity (Wildman–Crippen MR) is 243 cm³/mol. The van der Waals surface area contributed by atoms with E-state index in [1.807, 2.05) is 0 Å². The molecule has 0 spiro atoms. The number of ether oxygens (including phenoxy) is 3. The van der Waals surface area contributed by atoms with Gasteiger partial charge in [-0.1, -0.05) is 246 Å². The fraction of sp³-hybridized carbons (Fsp3) is 0.941. The third-order valence-electron chi connectivity index (χ3n) is 11.5. The molecule has 0 aliphatic rings. The monoisotopic (exact) mass is 807 g/mol. The van der Waals surface area contributed by atoms with Crippen molar-refractivity contribution in [2.75, 3.05) is 13.2 Å². The van der Waals surface area contributed by atoms with E-state index in [1.165, 1.54) is 180 Å². The van der Waals surface area contributed by atoms with E-state index in [4.69, 9.17) is 14.2 Å². The second kappa shape index (κ2) is 45.5. The normalized spacial score (nSPS) is 11.9. The Labute approximate surface area is 355 Å². The third kappa shape index (κ3) is 45.3. The molecule has 0 N–H and O–H groups in total. The van der Waals surface area contributed by atoms with E-state index >= 15 is 0 Å². The van der Waals surface area contributed by atoms with Gasteiger partial charge < -0.3 is 14.2 Å². The lowest BCUT2D eigenvalue weighted by Gasteiger charge is -2.18. The van der Waals surface area contributed by atoms with Gasteiger partial charge in [-0.3, -0.25) is 14.4 Å². The molecule has 0 radical (unpaired) electrons. The number of hydrogen-bond acceptors (Lipinski definition) is 6. The number of carbonyl (C=O) groups is 3. The minimum Gasteiger partial charge on any atom is -0.462 e. The van der Waals surface area contributed by atoms with Crippen LogP contribution in [-0.2, 0) is 28.6 Å². The van der Waals surface area contributed by atoms with Gasteiger partial charge in [-0.2, -0.15) is 0 Å². The van der Waals surface area contributed by atoms with Crippen LogP contribution in [0.15, 0.2) is 0 Å². The fourth-order valence-electron chi connectivity index (χ4n) is 7.69. The van der Waals surface area contributed by atoms with Gasteiger partial charge in [-0.15, -0.1) is 0 Å². The maximum atomic E-state index is 12.7. The molecule has 6 nitrogen and oxygen atoms in total. The number of carbonyl (C=O) groups excluding carboxylic acids is 3. The molecule has 6 heteroatoms.